The lowest BCUT2D eigenvalue weighted by Crippen LogP contribution is -2.48. The van der Waals surface area contributed by atoms with E-state index in [1.54, 1.807) is 29.3 Å². The van der Waals surface area contributed by atoms with E-state index in [0.717, 1.165) is 5.82 Å². The average Bonchev–Trinajstić information content (AvgIpc) is 3.22. The zero-order valence-electron chi connectivity index (χ0n) is 14.6. The van der Waals surface area contributed by atoms with Crippen LogP contribution in [0.25, 0.3) is 10.9 Å². The van der Waals surface area contributed by atoms with Gasteiger partial charge in [-0.3, -0.25) is 4.79 Å². The largest absolute Gasteiger partial charge is 0.388 e. The van der Waals surface area contributed by atoms with Crippen molar-refractivity contribution in [3.05, 3.63) is 54.0 Å². The van der Waals surface area contributed by atoms with Gasteiger partial charge in [-0.25, -0.2) is 9.37 Å². The van der Waals surface area contributed by atoms with E-state index in [1.807, 2.05) is 17.7 Å². The Bertz CT molecular complexity index is 954. The Kier molecular flexibility index (Phi) is 4.03. The number of nitrogens with zero attached hydrogens (tertiary/aromatic N) is 3. The first kappa shape index (κ1) is 16.8. The van der Waals surface area contributed by atoms with Gasteiger partial charge in [-0.2, -0.15) is 0 Å². The van der Waals surface area contributed by atoms with E-state index < -0.39 is 5.60 Å². The summed E-state index contributed by atoms with van der Waals surface area (Å²) in [6.07, 6.45) is 4.55. The van der Waals surface area contributed by atoms with E-state index in [-0.39, 0.29) is 11.7 Å². The molecule has 1 saturated heterocycles. The van der Waals surface area contributed by atoms with Crippen molar-refractivity contribution in [1.82, 2.24) is 19.4 Å². The van der Waals surface area contributed by atoms with Crippen molar-refractivity contribution in [3.63, 3.8) is 0 Å². The van der Waals surface area contributed by atoms with Crippen LogP contribution in [-0.4, -0.2) is 49.1 Å². The van der Waals surface area contributed by atoms with E-state index >= 15 is 0 Å². The van der Waals surface area contributed by atoms with Gasteiger partial charge in [0.15, 0.2) is 0 Å². The maximum atomic E-state index is 13.8. The number of hydrogen-bond acceptors (Lipinski definition) is 3. The topological polar surface area (TPSA) is 74.2 Å². The molecule has 1 aromatic carbocycles. The van der Waals surface area contributed by atoms with Crippen molar-refractivity contribution in [3.8, 4) is 0 Å². The highest BCUT2D eigenvalue weighted by molar-refractivity contribution is 5.98. The molecule has 2 aromatic heterocycles. The number of aliphatic hydroxyl groups is 1. The highest BCUT2D eigenvalue weighted by atomic mass is 19.1. The van der Waals surface area contributed by atoms with E-state index in [4.69, 9.17) is 0 Å². The van der Waals surface area contributed by atoms with Crippen LogP contribution in [0.2, 0.25) is 0 Å². The molecule has 26 heavy (non-hydrogen) atoms. The minimum absolute atomic E-state index is 0.165. The fourth-order valence-corrected chi connectivity index (χ4v) is 3.58. The Morgan fingerprint density at radius 2 is 2.15 bits per heavy atom. The molecule has 1 aliphatic heterocycles. The van der Waals surface area contributed by atoms with Gasteiger partial charge in [-0.15, -0.1) is 0 Å². The second kappa shape index (κ2) is 6.25. The molecule has 0 radical (unpaired) electrons. The molecular formula is C19H21FN4O2. The van der Waals surface area contributed by atoms with Crippen LogP contribution in [0.15, 0.2) is 36.7 Å². The summed E-state index contributed by atoms with van der Waals surface area (Å²) in [6, 6.07) is 6.44. The second-order valence-corrected chi connectivity index (χ2v) is 7.01. The number of nitrogens with one attached hydrogen (secondary N) is 1. The lowest BCUT2D eigenvalue weighted by molar-refractivity contribution is -0.0296. The van der Waals surface area contributed by atoms with Gasteiger partial charge < -0.3 is 19.6 Å². The van der Waals surface area contributed by atoms with Crippen LogP contribution < -0.4 is 0 Å². The molecule has 1 amide bonds. The Morgan fingerprint density at radius 3 is 2.81 bits per heavy atom. The number of benzene rings is 1. The number of aryl methyl sites for hydroxylation is 1. The second-order valence-electron chi connectivity index (χ2n) is 7.01. The first-order chi connectivity index (χ1) is 12.5. The molecule has 1 aliphatic rings. The van der Waals surface area contributed by atoms with Crippen molar-refractivity contribution in [1.29, 1.82) is 0 Å². The van der Waals surface area contributed by atoms with Crippen molar-refractivity contribution >= 4 is 16.8 Å². The number of amides is 1. The van der Waals surface area contributed by atoms with Gasteiger partial charge in [0.25, 0.3) is 5.91 Å². The molecule has 0 bridgehead atoms. The average molecular weight is 356 g/mol. The zero-order valence-corrected chi connectivity index (χ0v) is 14.6. The number of likely N-dealkylation sites (tertiary alicyclic amines) is 1. The summed E-state index contributed by atoms with van der Waals surface area (Å²) in [7, 11) is 0. The van der Waals surface area contributed by atoms with Crippen molar-refractivity contribution < 1.29 is 14.3 Å². The number of fused-ring (bicyclic) bond motifs is 1. The van der Waals surface area contributed by atoms with Gasteiger partial charge in [-0.05, 0) is 31.9 Å². The maximum Gasteiger partial charge on any atom is 0.270 e. The number of H-pyrrole nitrogens is 1. The number of carbonyl (C=O) groups excluding carboxylic acids is 1. The first-order valence-electron chi connectivity index (χ1n) is 8.72. The monoisotopic (exact) mass is 356 g/mol. The molecule has 0 saturated carbocycles. The normalized spacial score (nSPS) is 17.0. The summed E-state index contributed by atoms with van der Waals surface area (Å²) in [4.78, 5) is 21.5. The Morgan fingerprint density at radius 1 is 1.38 bits per heavy atom. The standard InChI is InChI=1S/C19H21FN4O2/c1-13-21-7-10-24(13)12-19(26)5-8-23(9-6-19)18(25)16-11-14-3-2-4-15(20)17(14)22-16/h2-4,7,10-11,22,26H,5-6,8-9,12H2,1H3. The number of piperidine rings is 1. The lowest BCUT2D eigenvalue weighted by Gasteiger charge is -2.38. The predicted octanol–water partition coefficient (Wildman–Crippen LogP) is 2.48. The number of para-hydroxylation sites is 1. The van der Waals surface area contributed by atoms with Gasteiger partial charge in [0, 0.05) is 30.9 Å². The molecule has 0 spiro atoms. The molecule has 3 heterocycles. The Labute approximate surface area is 150 Å². The molecule has 4 rings (SSSR count). The fourth-order valence-electron chi connectivity index (χ4n) is 3.58. The van der Waals surface area contributed by atoms with E-state index in [9.17, 15) is 14.3 Å². The SMILES string of the molecule is Cc1nccn1CC1(O)CCN(C(=O)c2cc3cccc(F)c3[nH]2)CC1. The summed E-state index contributed by atoms with van der Waals surface area (Å²) in [5.41, 5.74) is -0.129. The number of rotatable bonds is 3. The molecule has 0 aliphatic carbocycles. The molecule has 6 nitrogen and oxygen atoms in total. The van der Waals surface area contributed by atoms with Crippen LogP contribution in [0.1, 0.15) is 29.2 Å². The van der Waals surface area contributed by atoms with Crippen molar-refractivity contribution in [2.24, 2.45) is 0 Å². The molecule has 1 fully saturated rings. The van der Waals surface area contributed by atoms with Crippen LogP contribution in [0.3, 0.4) is 0 Å². The molecule has 0 atom stereocenters. The van der Waals surface area contributed by atoms with Crippen LogP contribution in [0.5, 0.6) is 0 Å². The number of aromatic amines is 1. The van der Waals surface area contributed by atoms with Gasteiger partial charge in [0.05, 0.1) is 17.7 Å². The van der Waals surface area contributed by atoms with Gasteiger partial charge >= 0.3 is 0 Å². The van der Waals surface area contributed by atoms with Crippen molar-refractivity contribution in [2.45, 2.75) is 31.9 Å². The third-order valence-electron chi connectivity index (χ3n) is 5.21. The number of hydrogen-bond donors (Lipinski definition) is 2. The fraction of sp³-hybridized carbons (Fsp3) is 0.368. The van der Waals surface area contributed by atoms with Crippen LogP contribution >= 0.6 is 0 Å². The summed E-state index contributed by atoms with van der Waals surface area (Å²) in [5.74, 6) is 0.323. The highest BCUT2D eigenvalue weighted by Gasteiger charge is 2.35. The maximum absolute atomic E-state index is 13.8. The third-order valence-corrected chi connectivity index (χ3v) is 5.21. The highest BCUT2D eigenvalue weighted by Crippen LogP contribution is 2.26. The van der Waals surface area contributed by atoms with Crippen LogP contribution in [-0.2, 0) is 6.54 Å². The van der Waals surface area contributed by atoms with Gasteiger partial charge in [0.2, 0.25) is 0 Å². The van der Waals surface area contributed by atoms with E-state index in [2.05, 4.69) is 9.97 Å². The predicted molar refractivity (Wildman–Crippen MR) is 95.3 cm³/mol. The van der Waals surface area contributed by atoms with Gasteiger partial charge in [-0.1, -0.05) is 12.1 Å². The Hall–Kier alpha value is -2.67. The summed E-state index contributed by atoms with van der Waals surface area (Å²) in [6.45, 7) is 3.29. The zero-order chi connectivity index (χ0) is 18.3. The molecule has 7 heteroatoms. The van der Waals surface area contributed by atoms with Crippen molar-refractivity contribution in [2.75, 3.05) is 13.1 Å². The molecule has 3 aromatic rings. The number of imidazole rings is 1. The minimum Gasteiger partial charge on any atom is -0.388 e. The summed E-state index contributed by atoms with van der Waals surface area (Å²) in [5, 5.41) is 11.5. The quantitative estimate of drug-likeness (QED) is 0.757. The van der Waals surface area contributed by atoms with Gasteiger partial charge in [0.1, 0.15) is 17.3 Å². The lowest BCUT2D eigenvalue weighted by atomic mass is 9.91. The molecular weight excluding hydrogens is 335 g/mol. The molecule has 136 valence electrons. The Balaban J connectivity index is 1.46. The smallest absolute Gasteiger partial charge is 0.270 e. The third kappa shape index (κ3) is 2.99. The first-order valence-corrected chi connectivity index (χ1v) is 8.72. The summed E-state index contributed by atoms with van der Waals surface area (Å²) < 4.78 is 15.8. The number of carbonyl (C=O) groups is 1. The van der Waals surface area contributed by atoms with E-state index in [0.29, 0.717) is 49.1 Å². The minimum atomic E-state index is -0.852. The van der Waals surface area contributed by atoms with E-state index in [1.165, 1.54) is 6.07 Å². The van der Waals surface area contributed by atoms with Crippen LogP contribution in [0, 0.1) is 12.7 Å². The summed E-state index contributed by atoms with van der Waals surface area (Å²) >= 11 is 0. The van der Waals surface area contributed by atoms with Crippen LogP contribution in [0.4, 0.5) is 4.39 Å². The number of halogens is 1. The molecule has 0 unspecified atom stereocenters. The molecule has 2 N–H and O–H groups in total. The number of aromatic nitrogens is 3.